The van der Waals surface area contributed by atoms with Crippen LogP contribution in [0.15, 0.2) is 60.7 Å². The van der Waals surface area contributed by atoms with Crippen molar-refractivity contribution in [3.8, 4) is 5.75 Å². The summed E-state index contributed by atoms with van der Waals surface area (Å²) in [6.45, 7) is 7.76. The smallest absolute Gasteiger partial charge is 0.255 e. The maximum absolute atomic E-state index is 13.1. The molecule has 9 nitrogen and oxygen atoms in total. The Hall–Kier alpha value is -4.37. The molecule has 0 bridgehead atoms. The number of phenols is 1. The van der Waals surface area contributed by atoms with Crippen LogP contribution < -0.4 is 15.1 Å². The predicted octanol–water partition coefficient (Wildman–Crippen LogP) is 5.69. The number of hydrogen-bond donors (Lipinski definition) is 2. The Bertz CT molecular complexity index is 1840. The highest BCUT2D eigenvalue weighted by molar-refractivity contribution is 6.05. The Morgan fingerprint density at radius 2 is 1.44 bits per heavy atom. The van der Waals surface area contributed by atoms with Crippen LogP contribution in [0.4, 0.5) is 11.4 Å². The van der Waals surface area contributed by atoms with Crippen molar-refractivity contribution in [2.24, 2.45) is 17.8 Å². The zero-order valence-corrected chi connectivity index (χ0v) is 30.1. The average Bonchev–Trinajstić information content (AvgIpc) is 3.92. The van der Waals surface area contributed by atoms with E-state index in [1.54, 1.807) is 4.90 Å². The van der Waals surface area contributed by atoms with Crippen molar-refractivity contribution in [1.82, 2.24) is 15.1 Å². The van der Waals surface area contributed by atoms with Gasteiger partial charge in [0.1, 0.15) is 11.8 Å². The highest BCUT2D eigenvalue weighted by atomic mass is 16.3. The van der Waals surface area contributed by atoms with Crippen LogP contribution in [-0.4, -0.2) is 84.5 Å². The molecule has 0 aromatic heterocycles. The fourth-order valence-electron chi connectivity index (χ4n) is 9.94. The SMILES string of the molecule is O=C1CCC(N2Cc3cc(N4CCN(CC5CCN(c6ccc([C@@H]7c8ccc(O)cc8CC[C@@H]7CC7CC7)cc6)CC5)CC4)ccc3C2=O)C(=O)N1. The number of phenolic OH excluding ortho intramolecular Hbond substituents is 1. The van der Waals surface area contributed by atoms with E-state index in [4.69, 9.17) is 0 Å². The molecule has 0 radical (unpaired) electrons. The molecule has 9 rings (SSSR count). The van der Waals surface area contributed by atoms with E-state index >= 15 is 0 Å². The van der Waals surface area contributed by atoms with Crippen LogP contribution in [-0.2, 0) is 22.6 Å². The number of carbonyl (C=O) groups is 3. The summed E-state index contributed by atoms with van der Waals surface area (Å²) in [5.41, 5.74) is 8.29. The summed E-state index contributed by atoms with van der Waals surface area (Å²) in [5.74, 6) is 2.37. The lowest BCUT2D eigenvalue weighted by molar-refractivity contribution is -0.136. The van der Waals surface area contributed by atoms with E-state index in [1.807, 2.05) is 18.2 Å². The lowest BCUT2D eigenvalue weighted by Crippen LogP contribution is -2.52. The number of aromatic hydroxyl groups is 1. The van der Waals surface area contributed by atoms with Crippen molar-refractivity contribution in [3.05, 3.63) is 88.5 Å². The van der Waals surface area contributed by atoms with Crippen LogP contribution in [0.5, 0.6) is 5.75 Å². The van der Waals surface area contributed by atoms with Gasteiger partial charge in [-0.05, 0) is 121 Å². The van der Waals surface area contributed by atoms with Crippen LogP contribution in [0.25, 0.3) is 0 Å². The summed E-state index contributed by atoms with van der Waals surface area (Å²) >= 11 is 0. The van der Waals surface area contributed by atoms with Crippen LogP contribution in [0.2, 0.25) is 0 Å². The van der Waals surface area contributed by atoms with Crippen molar-refractivity contribution >= 4 is 29.1 Å². The lowest BCUT2D eigenvalue weighted by atomic mass is 9.70. The molecule has 6 aliphatic rings. The Labute approximate surface area is 307 Å². The maximum Gasteiger partial charge on any atom is 0.255 e. The molecule has 9 heteroatoms. The second kappa shape index (κ2) is 13.9. The highest BCUT2D eigenvalue weighted by Crippen LogP contribution is 2.48. The third kappa shape index (κ3) is 6.68. The van der Waals surface area contributed by atoms with Gasteiger partial charge >= 0.3 is 0 Å². The van der Waals surface area contributed by atoms with Gasteiger partial charge in [0.15, 0.2) is 0 Å². The number of nitrogens with zero attached hydrogens (tertiary/aromatic N) is 4. The van der Waals surface area contributed by atoms with Crippen molar-refractivity contribution in [3.63, 3.8) is 0 Å². The molecule has 3 saturated heterocycles. The Morgan fingerprint density at radius 1 is 0.692 bits per heavy atom. The number of imide groups is 1. The highest BCUT2D eigenvalue weighted by Gasteiger charge is 2.40. The van der Waals surface area contributed by atoms with Gasteiger partial charge in [0, 0.05) is 81.6 Å². The van der Waals surface area contributed by atoms with E-state index in [-0.39, 0.29) is 24.1 Å². The van der Waals surface area contributed by atoms with Crippen molar-refractivity contribution in [2.45, 2.75) is 76.3 Å². The van der Waals surface area contributed by atoms with E-state index in [2.05, 4.69) is 62.5 Å². The fraction of sp³-hybridized carbons (Fsp3) is 0.512. The largest absolute Gasteiger partial charge is 0.508 e. The quantitative estimate of drug-likeness (QED) is 0.292. The third-order valence-electron chi connectivity index (χ3n) is 13.0. The second-order valence-corrected chi connectivity index (χ2v) is 16.4. The van der Waals surface area contributed by atoms with Gasteiger partial charge < -0.3 is 19.8 Å². The van der Waals surface area contributed by atoms with Crippen LogP contribution in [0, 0.1) is 17.8 Å². The van der Waals surface area contributed by atoms with Gasteiger partial charge in [-0.1, -0.05) is 31.0 Å². The number of amides is 3. The number of rotatable bonds is 8. The van der Waals surface area contributed by atoms with E-state index in [0.717, 1.165) is 69.4 Å². The van der Waals surface area contributed by atoms with Gasteiger partial charge in [0.25, 0.3) is 5.91 Å². The van der Waals surface area contributed by atoms with Crippen LogP contribution in [0.1, 0.15) is 89.9 Å². The van der Waals surface area contributed by atoms with Gasteiger partial charge in [0.2, 0.25) is 11.8 Å². The third-order valence-corrected chi connectivity index (χ3v) is 13.0. The number of fused-ring (bicyclic) bond motifs is 2. The zero-order chi connectivity index (χ0) is 35.3. The van der Waals surface area contributed by atoms with Crippen molar-refractivity contribution in [1.29, 1.82) is 0 Å². The summed E-state index contributed by atoms with van der Waals surface area (Å²) < 4.78 is 0. The standard InChI is InChI=1S/C43H51N5O4/c49-36-10-12-37-31(25-36)3-4-32(23-28-1-2-28)41(37)30-5-7-34(8-6-30)46-17-15-29(16-18-46)26-45-19-21-47(22-20-45)35-9-11-38-33(24-35)27-48(43(38)52)39-13-14-40(50)44-42(39)51/h5-12,24-25,28-29,32,39,41,49H,1-4,13-23,26-27H2,(H,44,50,51)/t32-,39?,41+/m1/s1. The number of piperazine rings is 1. The van der Waals surface area contributed by atoms with Gasteiger partial charge in [-0.2, -0.15) is 0 Å². The first kappa shape index (κ1) is 33.5. The minimum atomic E-state index is -0.580. The molecular weight excluding hydrogens is 651 g/mol. The predicted molar refractivity (Wildman–Crippen MR) is 202 cm³/mol. The molecule has 4 fully saturated rings. The molecule has 3 aromatic carbocycles. The molecule has 0 spiro atoms. The average molecular weight is 702 g/mol. The summed E-state index contributed by atoms with van der Waals surface area (Å²) in [4.78, 5) is 46.5. The molecule has 272 valence electrons. The van der Waals surface area contributed by atoms with Crippen molar-refractivity contribution in [2.75, 3.05) is 55.6 Å². The molecule has 1 saturated carbocycles. The molecular formula is C43H51N5O4. The van der Waals surface area contributed by atoms with Crippen molar-refractivity contribution < 1.29 is 19.5 Å². The molecule has 2 N–H and O–H groups in total. The number of aryl methyl sites for hydroxylation is 1. The van der Waals surface area contributed by atoms with E-state index in [1.165, 1.54) is 60.9 Å². The number of carbonyl (C=O) groups excluding carboxylic acids is 3. The Kier molecular flexibility index (Phi) is 8.93. The second-order valence-electron chi connectivity index (χ2n) is 16.4. The van der Waals surface area contributed by atoms with Gasteiger partial charge in [-0.15, -0.1) is 0 Å². The summed E-state index contributed by atoms with van der Waals surface area (Å²) in [7, 11) is 0. The number of piperidine rings is 2. The topological polar surface area (TPSA) is 96.4 Å². The number of benzene rings is 3. The summed E-state index contributed by atoms with van der Waals surface area (Å²) in [6, 6.07) is 21.1. The molecule has 2 aliphatic carbocycles. The molecule has 4 heterocycles. The fourth-order valence-corrected chi connectivity index (χ4v) is 9.94. The first-order chi connectivity index (χ1) is 25.4. The number of nitrogens with one attached hydrogen (secondary N) is 1. The maximum atomic E-state index is 13.1. The molecule has 4 aliphatic heterocycles. The molecule has 3 amide bonds. The lowest BCUT2D eigenvalue weighted by Gasteiger charge is -2.40. The van der Waals surface area contributed by atoms with Crippen LogP contribution in [0.3, 0.4) is 0 Å². The number of anilines is 2. The summed E-state index contributed by atoms with van der Waals surface area (Å²) in [5, 5.41) is 12.5. The van der Waals surface area contributed by atoms with E-state index < -0.39 is 6.04 Å². The van der Waals surface area contributed by atoms with Crippen LogP contribution >= 0.6 is 0 Å². The van der Waals surface area contributed by atoms with Gasteiger partial charge in [-0.25, -0.2) is 0 Å². The minimum Gasteiger partial charge on any atom is -0.508 e. The molecule has 3 aromatic rings. The first-order valence-electron chi connectivity index (χ1n) is 19.8. The Balaban J connectivity index is 0.765. The number of hydrogen-bond acceptors (Lipinski definition) is 7. The molecule has 3 atom stereocenters. The zero-order valence-electron chi connectivity index (χ0n) is 30.1. The minimum absolute atomic E-state index is 0.116. The molecule has 1 unspecified atom stereocenters. The Morgan fingerprint density at radius 3 is 2.19 bits per heavy atom. The van der Waals surface area contributed by atoms with Gasteiger partial charge in [0.05, 0.1) is 0 Å². The molecule has 52 heavy (non-hydrogen) atoms. The van der Waals surface area contributed by atoms with Gasteiger partial charge in [-0.3, -0.25) is 24.6 Å². The normalized spacial score (nSPS) is 25.7. The van der Waals surface area contributed by atoms with E-state index in [0.29, 0.717) is 42.0 Å². The monoisotopic (exact) mass is 701 g/mol. The summed E-state index contributed by atoms with van der Waals surface area (Å²) in [6.07, 6.45) is 9.50. The van der Waals surface area contributed by atoms with E-state index in [9.17, 15) is 19.5 Å². The first-order valence-corrected chi connectivity index (χ1v) is 19.8.